The van der Waals surface area contributed by atoms with Crippen LogP contribution in [0.3, 0.4) is 0 Å². The van der Waals surface area contributed by atoms with Crippen LogP contribution in [0, 0.1) is 0 Å². The van der Waals surface area contributed by atoms with Crippen LogP contribution in [0.2, 0.25) is 0 Å². The van der Waals surface area contributed by atoms with Crippen molar-refractivity contribution in [3.8, 4) is 11.5 Å². The maximum Gasteiger partial charge on any atom is 0.347 e. The summed E-state index contributed by atoms with van der Waals surface area (Å²) < 4.78 is 10.1. The fourth-order valence-corrected chi connectivity index (χ4v) is 2.07. The van der Waals surface area contributed by atoms with Crippen molar-refractivity contribution in [2.45, 2.75) is 6.92 Å². The molecule has 0 aromatic heterocycles. The SMILES string of the molecule is CC(=O)Nc1ccc(Oc2ccc3c(c2)C(=O)OC3=O)cc1. The lowest BCUT2D eigenvalue weighted by molar-refractivity contribution is -0.114. The van der Waals surface area contributed by atoms with Crippen molar-refractivity contribution in [2.75, 3.05) is 5.32 Å². The van der Waals surface area contributed by atoms with E-state index in [0.717, 1.165) is 0 Å². The number of benzene rings is 2. The molecule has 1 heterocycles. The van der Waals surface area contributed by atoms with E-state index in [1.54, 1.807) is 30.3 Å². The van der Waals surface area contributed by atoms with Gasteiger partial charge in [-0.25, -0.2) is 9.59 Å². The maximum atomic E-state index is 11.5. The number of fused-ring (bicyclic) bond motifs is 1. The van der Waals surface area contributed by atoms with E-state index < -0.39 is 11.9 Å². The van der Waals surface area contributed by atoms with Gasteiger partial charge < -0.3 is 14.8 Å². The third kappa shape index (κ3) is 2.67. The third-order valence-corrected chi connectivity index (χ3v) is 3.03. The Bertz CT molecular complexity index is 780. The molecule has 0 saturated heterocycles. The maximum absolute atomic E-state index is 11.5. The smallest absolute Gasteiger partial charge is 0.347 e. The van der Waals surface area contributed by atoms with Crippen LogP contribution >= 0.6 is 0 Å². The van der Waals surface area contributed by atoms with Crippen molar-refractivity contribution in [3.05, 3.63) is 53.6 Å². The number of hydrogen-bond acceptors (Lipinski definition) is 5. The third-order valence-electron chi connectivity index (χ3n) is 3.03. The first kappa shape index (κ1) is 13.8. The van der Waals surface area contributed by atoms with Gasteiger partial charge in [0, 0.05) is 12.6 Å². The van der Waals surface area contributed by atoms with E-state index in [0.29, 0.717) is 17.2 Å². The Labute approximate surface area is 125 Å². The quantitative estimate of drug-likeness (QED) is 0.696. The van der Waals surface area contributed by atoms with Gasteiger partial charge in [-0.05, 0) is 42.5 Å². The van der Waals surface area contributed by atoms with Crippen LogP contribution in [0.15, 0.2) is 42.5 Å². The molecule has 3 rings (SSSR count). The number of rotatable bonds is 3. The second kappa shape index (κ2) is 5.33. The van der Waals surface area contributed by atoms with Gasteiger partial charge in [-0.2, -0.15) is 0 Å². The topological polar surface area (TPSA) is 81.7 Å². The lowest BCUT2D eigenvalue weighted by Crippen LogP contribution is -2.05. The fourth-order valence-electron chi connectivity index (χ4n) is 2.07. The highest BCUT2D eigenvalue weighted by Gasteiger charge is 2.29. The molecule has 0 fully saturated rings. The number of hydrogen-bond donors (Lipinski definition) is 1. The summed E-state index contributed by atoms with van der Waals surface area (Å²) in [4.78, 5) is 33.8. The molecule has 6 heteroatoms. The van der Waals surface area contributed by atoms with E-state index >= 15 is 0 Å². The number of amides is 1. The van der Waals surface area contributed by atoms with E-state index in [-0.39, 0.29) is 17.0 Å². The standard InChI is InChI=1S/C16H11NO5/c1-9(18)17-10-2-4-11(5-3-10)21-12-6-7-13-14(8-12)16(20)22-15(13)19/h2-8H,1H3,(H,17,18). The second-order valence-corrected chi connectivity index (χ2v) is 4.69. The number of carbonyl (C=O) groups excluding carboxylic acids is 3. The van der Waals surface area contributed by atoms with Gasteiger partial charge in [0.1, 0.15) is 11.5 Å². The molecule has 0 saturated carbocycles. The van der Waals surface area contributed by atoms with Gasteiger partial charge in [0.25, 0.3) is 0 Å². The summed E-state index contributed by atoms with van der Waals surface area (Å²) in [7, 11) is 0. The van der Waals surface area contributed by atoms with Crippen molar-refractivity contribution in [3.63, 3.8) is 0 Å². The molecule has 1 amide bonds. The number of nitrogens with one attached hydrogen (secondary N) is 1. The summed E-state index contributed by atoms with van der Waals surface area (Å²) in [6.07, 6.45) is 0. The molecule has 0 unspecified atom stereocenters. The van der Waals surface area contributed by atoms with Gasteiger partial charge in [-0.3, -0.25) is 4.79 Å². The van der Waals surface area contributed by atoms with Crippen molar-refractivity contribution in [1.29, 1.82) is 0 Å². The minimum absolute atomic E-state index is 0.157. The van der Waals surface area contributed by atoms with Gasteiger partial charge in [0.2, 0.25) is 5.91 Å². The molecule has 110 valence electrons. The Morgan fingerprint density at radius 3 is 2.27 bits per heavy atom. The van der Waals surface area contributed by atoms with E-state index in [1.807, 2.05) is 0 Å². The molecule has 6 nitrogen and oxygen atoms in total. The van der Waals surface area contributed by atoms with Crippen molar-refractivity contribution in [2.24, 2.45) is 0 Å². The van der Waals surface area contributed by atoms with Gasteiger partial charge in [-0.1, -0.05) is 0 Å². The molecular weight excluding hydrogens is 286 g/mol. The normalized spacial score (nSPS) is 12.6. The van der Waals surface area contributed by atoms with Gasteiger partial charge in [0.15, 0.2) is 0 Å². The molecule has 1 aliphatic heterocycles. The largest absolute Gasteiger partial charge is 0.457 e. The predicted octanol–water partition coefficient (Wildman–Crippen LogP) is 2.75. The zero-order valence-electron chi connectivity index (χ0n) is 11.6. The minimum atomic E-state index is -0.675. The monoisotopic (exact) mass is 297 g/mol. The van der Waals surface area contributed by atoms with E-state index in [4.69, 9.17) is 4.74 Å². The number of anilines is 1. The predicted molar refractivity (Wildman–Crippen MR) is 77.0 cm³/mol. The molecule has 0 aliphatic carbocycles. The van der Waals surface area contributed by atoms with Gasteiger partial charge in [-0.15, -0.1) is 0 Å². The molecule has 1 aliphatic rings. The van der Waals surface area contributed by atoms with Crippen LogP contribution < -0.4 is 10.1 Å². The molecule has 0 bridgehead atoms. The zero-order valence-corrected chi connectivity index (χ0v) is 11.6. The highest BCUT2D eigenvalue weighted by Crippen LogP contribution is 2.28. The van der Waals surface area contributed by atoms with Crippen LogP contribution in [-0.2, 0) is 9.53 Å². The van der Waals surface area contributed by atoms with Crippen molar-refractivity contribution in [1.82, 2.24) is 0 Å². The lowest BCUT2D eigenvalue weighted by Gasteiger charge is -2.07. The van der Waals surface area contributed by atoms with Crippen LogP contribution in [0.25, 0.3) is 0 Å². The molecule has 2 aromatic carbocycles. The Balaban J connectivity index is 1.79. The summed E-state index contributed by atoms with van der Waals surface area (Å²) in [6.45, 7) is 1.43. The zero-order chi connectivity index (χ0) is 15.7. The summed E-state index contributed by atoms with van der Waals surface area (Å²) >= 11 is 0. The highest BCUT2D eigenvalue weighted by molar-refractivity contribution is 6.14. The lowest BCUT2D eigenvalue weighted by atomic mass is 10.1. The second-order valence-electron chi connectivity index (χ2n) is 4.69. The number of cyclic esters (lactones) is 2. The molecular formula is C16H11NO5. The van der Waals surface area contributed by atoms with Crippen LogP contribution in [-0.4, -0.2) is 17.8 Å². The highest BCUT2D eigenvalue weighted by atomic mass is 16.6. The first-order valence-corrected chi connectivity index (χ1v) is 6.49. The molecule has 0 atom stereocenters. The summed E-state index contributed by atoms with van der Waals surface area (Å²) in [5.74, 6) is -0.530. The van der Waals surface area contributed by atoms with Gasteiger partial charge >= 0.3 is 11.9 Å². The summed E-state index contributed by atoms with van der Waals surface area (Å²) in [6, 6.07) is 11.3. The summed E-state index contributed by atoms with van der Waals surface area (Å²) in [5.41, 5.74) is 1.08. The molecule has 2 aromatic rings. The van der Waals surface area contributed by atoms with Crippen LogP contribution in [0.4, 0.5) is 5.69 Å². The molecule has 0 radical (unpaired) electrons. The molecule has 1 N–H and O–H groups in total. The Morgan fingerprint density at radius 1 is 0.955 bits per heavy atom. The van der Waals surface area contributed by atoms with Crippen molar-refractivity contribution < 1.29 is 23.9 Å². The van der Waals surface area contributed by atoms with E-state index in [9.17, 15) is 14.4 Å². The summed E-state index contributed by atoms with van der Waals surface area (Å²) in [5, 5.41) is 2.65. The first-order chi connectivity index (χ1) is 10.5. The van der Waals surface area contributed by atoms with Crippen LogP contribution in [0.1, 0.15) is 27.6 Å². The Kier molecular flexibility index (Phi) is 3.34. The average Bonchev–Trinajstić information content (AvgIpc) is 2.75. The molecule has 22 heavy (non-hydrogen) atoms. The molecule has 0 spiro atoms. The minimum Gasteiger partial charge on any atom is -0.457 e. The van der Waals surface area contributed by atoms with Crippen LogP contribution in [0.5, 0.6) is 11.5 Å². The average molecular weight is 297 g/mol. The van der Waals surface area contributed by atoms with Crippen molar-refractivity contribution >= 4 is 23.5 Å². The number of ether oxygens (including phenoxy) is 2. The number of carbonyl (C=O) groups is 3. The Hall–Kier alpha value is -3.15. The fraction of sp³-hybridized carbons (Fsp3) is 0.0625. The van der Waals surface area contributed by atoms with Gasteiger partial charge in [0.05, 0.1) is 11.1 Å². The number of esters is 2. The van der Waals surface area contributed by atoms with E-state index in [2.05, 4.69) is 10.1 Å². The first-order valence-electron chi connectivity index (χ1n) is 6.49. The Morgan fingerprint density at radius 2 is 1.59 bits per heavy atom. The van der Waals surface area contributed by atoms with E-state index in [1.165, 1.54) is 19.1 Å².